The molecule has 3 aromatic rings. The second-order valence-electron chi connectivity index (χ2n) is 6.79. The summed E-state index contributed by atoms with van der Waals surface area (Å²) in [5.41, 5.74) is 1.80. The van der Waals surface area contributed by atoms with Crippen LogP contribution in [0.1, 0.15) is 24.5 Å². The van der Waals surface area contributed by atoms with E-state index in [4.69, 9.17) is 25.8 Å². The smallest absolute Gasteiger partial charge is 0.213 e. The van der Waals surface area contributed by atoms with E-state index in [1.807, 2.05) is 43.3 Å². The molecule has 0 radical (unpaired) electrons. The van der Waals surface area contributed by atoms with Gasteiger partial charge in [-0.2, -0.15) is 0 Å². The van der Waals surface area contributed by atoms with Gasteiger partial charge in [0.05, 0.1) is 18.2 Å². The Balaban J connectivity index is 1.47. The van der Waals surface area contributed by atoms with Crippen molar-refractivity contribution in [3.63, 3.8) is 0 Å². The van der Waals surface area contributed by atoms with Gasteiger partial charge in [-0.15, -0.1) is 0 Å². The van der Waals surface area contributed by atoms with Gasteiger partial charge in [0, 0.05) is 24.4 Å². The maximum absolute atomic E-state index is 13.2. The molecule has 1 N–H and O–H groups in total. The van der Waals surface area contributed by atoms with Gasteiger partial charge in [-0.05, 0) is 55.8 Å². The van der Waals surface area contributed by atoms with Crippen LogP contribution in [0.2, 0.25) is 5.02 Å². The van der Waals surface area contributed by atoms with Crippen LogP contribution < -0.4 is 19.5 Å². The molecule has 0 aliphatic heterocycles. The fourth-order valence-corrected chi connectivity index (χ4v) is 3.11. The molecule has 31 heavy (non-hydrogen) atoms. The normalized spacial score (nSPS) is 10.7. The number of rotatable bonds is 12. The average Bonchev–Trinajstić information content (AvgIpc) is 2.77. The Morgan fingerprint density at radius 1 is 1.00 bits per heavy atom. The molecule has 0 unspecified atom stereocenters. The number of aromatic nitrogens is 1. The van der Waals surface area contributed by atoms with Gasteiger partial charge in [0.15, 0.2) is 11.5 Å². The summed E-state index contributed by atoms with van der Waals surface area (Å²) in [5, 5.41) is 3.74. The first kappa shape index (κ1) is 22.8. The Morgan fingerprint density at radius 3 is 2.68 bits per heavy atom. The first-order chi connectivity index (χ1) is 15.2. The summed E-state index contributed by atoms with van der Waals surface area (Å²) in [7, 11) is 0. The number of nitrogens with one attached hydrogen (secondary N) is 1. The van der Waals surface area contributed by atoms with Crippen LogP contribution in [-0.2, 0) is 13.2 Å². The van der Waals surface area contributed by atoms with Crippen LogP contribution in [0.25, 0.3) is 0 Å². The minimum Gasteiger partial charge on any atom is -0.490 e. The highest BCUT2D eigenvalue weighted by molar-refractivity contribution is 6.31. The van der Waals surface area contributed by atoms with Crippen molar-refractivity contribution >= 4 is 11.6 Å². The van der Waals surface area contributed by atoms with Gasteiger partial charge in [-0.25, -0.2) is 9.37 Å². The Kier molecular flexibility index (Phi) is 8.94. The summed E-state index contributed by atoms with van der Waals surface area (Å²) in [6, 6.07) is 15.7. The highest BCUT2D eigenvalue weighted by atomic mass is 35.5. The summed E-state index contributed by atoms with van der Waals surface area (Å²) < 4.78 is 30.4. The van der Waals surface area contributed by atoms with E-state index in [0.29, 0.717) is 47.7 Å². The minimum absolute atomic E-state index is 0.229. The van der Waals surface area contributed by atoms with Gasteiger partial charge in [0.25, 0.3) is 0 Å². The molecule has 2 aromatic carbocycles. The van der Waals surface area contributed by atoms with Crippen LogP contribution >= 0.6 is 11.6 Å². The van der Waals surface area contributed by atoms with E-state index in [1.54, 1.807) is 12.3 Å². The van der Waals surface area contributed by atoms with E-state index in [1.165, 1.54) is 12.1 Å². The number of nitrogens with zero attached hydrogens (tertiary/aromatic N) is 1. The summed E-state index contributed by atoms with van der Waals surface area (Å²) in [4.78, 5) is 4.13. The fourth-order valence-electron chi connectivity index (χ4n) is 2.88. The molecular weight excluding hydrogens is 419 g/mol. The minimum atomic E-state index is -0.371. The standard InChI is InChI=1S/C24H26ClFN2O3/c1-2-29-23-14-18(16-27-11-5-13-30-24-6-3-4-12-28-24)7-10-22(23)31-17-19-8-9-20(26)15-21(19)25/h3-4,6-10,12,14-15,27H,2,5,11,13,16-17H2,1H3. The highest BCUT2D eigenvalue weighted by Gasteiger charge is 2.09. The zero-order valence-electron chi connectivity index (χ0n) is 17.4. The molecule has 5 nitrogen and oxygen atoms in total. The van der Waals surface area contributed by atoms with Crippen LogP contribution in [0.15, 0.2) is 60.8 Å². The Bertz CT molecular complexity index is 957. The zero-order chi connectivity index (χ0) is 21.9. The molecule has 0 saturated carbocycles. The third-order valence-electron chi connectivity index (χ3n) is 4.42. The van der Waals surface area contributed by atoms with Crippen molar-refractivity contribution in [3.8, 4) is 17.4 Å². The summed E-state index contributed by atoms with van der Waals surface area (Å²) in [6.07, 6.45) is 2.58. The maximum atomic E-state index is 13.2. The zero-order valence-corrected chi connectivity index (χ0v) is 18.2. The summed E-state index contributed by atoms with van der Waals surface area (Å²) in [6.45, 7) is 4.80. The van der Waals surface area contributed by atoms with Gasteiger partial charge in [-0.3, -0.25) is 0 Å². The molecule has 0 aliphatic carbocycles. The van der Waals surface area contributed by atoms with Crippen molar-refractivity contribution in [2.75, 3.05) is 19.8 Å². The Hall–Kier alpha value is -2.83. The lowest BCUT2D eigenvalue weighted by Crippen LogP contribution is -2.17. The number of hydrogen-bond donors (Lipinski definition) is 1. The first-order valence-corrected chi connectivity index (χ1v) is 10.6. The molecule has 0 atom stereocenters. The van der Waals surface area contributed by atoms with E-state index >= 15 is 0 Å². The molecule has 0 bridgehead atoms. The molecule has 0 aliphatic rings. The van der Waals surface area contributed by atoms with E-state index in [9.17, 15) is 4.39 Å². The fraction of sp³-hybridized carbons (Fsp3) is 0.292. The largest absolute Gasteiger partial charge is 0.490 e. The molecule has 1 aromatic heterocycles. The van der Waals surface area contributed by atoms with Crippen molar-refractivity contribution in [3.05, 3.63) is 82.8 Å². The van der Waals surface area contributed by atoms with E-state index in [-0.39, 0.29) is 12.4 Å². The van der Waals surface area contributed by atoms with E-state index in [0.717, 1.165) is 18.5 Å². The van der Waals surface area contributed by atoms with Crippen LogP contribution in [0, 0.1) is 5.82 Å². The van der Waals surface area contributed by atoms with Crippen molar-refractivity contribution in [1.29, 1.82) is 0 Å². The van der Waals surface area contributed by atoms with Gasteiger partial charge in [0.1, 0.15) is 12.4 Å². The van der Waals surface area contributed by atoms with E-state index in [2.05, 4.69) is 10.3 Å². The highest BCUT2D eigenvalue weighted by Crippen LogP contribution is 2.30. The lowest BCUT2D eigenvalue weighted by atomic mass is 10.2. The molecule has 1 heterocycles. The SMILES string of the molecule is CCOc1cc(CNCCCOc2ccccn2)ccc1OCc1ccc(F)cc1Cl. The van der Waals surface area contributed by atoms with E-state index < -0.39 is 0 Å². The van der Waals surface area contributed by atoms with Gasteiger partial charge in [0.2, 0.25) is 5.88 Å². The van der Waals surface area contributed by atoms with Crippen LogP contribution in [0.4, 0.5) is 4.39 Å². The van der Waals surface area contributed by atoms with Crippen LogP contribution in [0.3, 0.4) is 0 Å². The predicted molar refractivity (Wildman–Crippen MR) is 119 cm³/mol. The number of hydrogen-bond acceptors (Lipinski definition) is 5. The Morgan fingerprint density at radius 2 is 1.90 bits per heavy atom. The number of ether oxygens (including phenoxy) is 3. The van der Waals surface area contributed by atoms with Crippen molar-refractivity contribution < 1.29 is 18.6 Å². The number of benzene rings is 2. The topological polar surface area (TPSA) is 52.6 Å². The lowest BCUT2D eigenvalue weighted by Gasteiger charge is -2.14. The van der Waals surface area contributed by atoms with Gasteiger partial charge < -0.3 is 19.5 Å². The third-order valence-corrected chi connectivity index (χ3v) is 4.77. The molecule has 0 amide bonds. The predicted octanol–water partition coefficient (Wildman–Crippen LogP) is 5.41. The quantitative estimate of drug-likeness (QED) is 0.378. The molecule has 0 fully saturated rings. The molecular formula is C24H26ClFN2O3. The van der Waals surface area contributed by atoms with Crippen LogP contribution in [-0.4, -0.2) is 24.7 Å². The third kappa shape index (κ3) is 7.42. The lowest BCUT2D eigenvalue weighted by molar-refractivity contribution is 0.269. The first-order valence-electron chi connectivity index (χ1n) is 10.2. The number of halogens is 2. The molecule has 3 rings (SSSR count). The second-order valence-corrected chi connectivity index (χ2v) is 7.19. The Labute approximate surface area is 187 Å². The molecule has 164 valence electrons. The summed E-state index contributed by atoms with van der Waals surface area (Å²) >= 11 is 6.08. The maximum Gasteiger partial charge on any atom is 0.213 e. The van der Waals surface area contributed by atoms with Crippen molar-refractivity contribution in [2.24, 2.45) is 0 Å². The van der Waals surface area contributed by atoms with Crippen molar-refractivity contribution in [2.45, 2.75) is 26.5 Å². The molecule has 0 spiro atoms. The van der Waals surface area contributed by atoms with Gasteiger partial charge in [-0.1, -0.05) is 29.8 Å². The molecule has 7 heteroatoms. The summed E-state index contributed by atoms with van der Waals surface area (Å²) in [5.74, 6) is 1.55. The number of pyridine rings is 1. The van der Waals surface area contributed by atoms with Gasteiger partial charge >= 0.3 is 0 Å². The molecule has 0 saturated heterocycles. The second kappa shape index (κ2) is 12.1. The average molecular weight is 445 g/mol. The van der Waals surface area contributed by atoms with Crippen LogP contribution in [0.5, 0.6) is 17.4 Å². The monoisotopic (exact) mass is 444 g/mol. The van der Waals surface area contributed by atoms with Crippen molar-refractivity contribution in [1.82, 2.24) is 10.3 Å².